The van der Waals surface area contributed by atoms with E-state index in [2.05, 4.69) is 5.32 Å². The van der Waals surface area contributed by atoms with E-state index < -0.39 is 0 Å². The summed E-state index contributed by atoms with van der Waals surface area (Å²) in [5, 5.41) is 3.72. The van der Waals surface area contributed by atoms with Gasteiger partial charge in [-0.2, -0.15) is 0 Å². The molecule has 0 radical (unpaired) electrons. The van der Waals surface area contributed by atoms with Crippen molar-refractivity contribution in [2.45, 2.75) is 25.3 Å². The number of hydrogen-bond donors (Lipinski definition) is 1. The van der Waals surface area contributed by atoms with E-state index in [0.29, 0.717) is 0 Å². The van der Waals surface area contributed by atoms with Gasteiger partial charge in [0.1, 0.15) is 0 Å². The Labute approximate surface area is 84.7 Å². The Hall–Kier alpha value is -0.340. The van der Waals surface area contributed by atoms with E-state index in [9.17, 15) is 0 Å². The van der Waals surface area contributed by atoms with Crippen molar-refractivity contribution >= 4 is 0 Å². The molecule has 2 aliphatic heterocycles. The molecule has 4 aliphatic rings. The van der Waals surface area contributed by atoms with Crippen molar-refractivity contribution in [1.82, 2.24) is 5.32 Å². The van der Waals surface area contributed by atoms with Gasteiger partial charge in [0.05, 0.1) is 13.2 Å². The third-order valence-corrected chi connectivity index (χ3v) is 4.79. The highest BCUT2D eigenvalue weighted by atomic mass is 16.5. The van der Waals surface area contributed by atoms with E-state index in [4.69, 9.17) is 4.74 Å². The fourth-order valence-corrected chi connectivity index (χ4v) is 4.28. The van der Waals surface area contributed by atoms with Crippen LogP contribution < -0.4 is 5.32 Å². The lowest BCUT2D eigenvalue weighted by Crippen LogP contribution is -2.27. The first-order valence-electron chi connectivity index (χ1n) is 5.96. The predicted molar refractivity (Wildman–Crippen MR) is 54.0 cm³/mol. The van der Waals surface area contributed by atoms with Crippen LogP contribution in [0.25, 0.3) is 0 Å². The molecule has 1 N–H and O–H groups in total. The topological polar surface area (TPSA) is 21.3 Å². The fraction of sp³-hybridized carbons (Fsp3) is 0.833. The van der Waals surface area contributed by atoms with Gasteiger partial charge in [-0.3, -0.25) is 0 Å². The van der Waals surface area contributed by atoms with Crippen LogP contribution in [-0.2, 0) is 4.74 Å². The highest BCUT2D eigenvalue weighted by molar-refractivity contribution is 5.34. The summed E-state index contributed by atoms with van der Waals surface area (Å²) < 4.78 is 5.50. The lowest BCUT2D eigenvalue weighted by Gasteiger charge is -2.22. The van der Waals surface area contributed by atoms with Crippen LogP contribution in [0.2, 0.25) is 0 Å². The molecule has 4 unspecified atom stereocenters. The maximum Gasteiger partial charge on any atom is 0.0681 e. The normalized spacial score (nSPS) is 54.9. The van der Waals surface area contributed by atoms with Gasteiger partial charge < -0.3 is 10.1 Å². The second-order valence-corrected chi connectivity index (χ2v) is 5.34. The molecule has 0 aromatic heterocycles. The number of fused-ring (bicyclic) bond motifs is 1. The molecule has 2 saturated heterocycles. The zero-order valence-electron chi connectivity index (χ0n) is 8.46. The smallest absolute Gasteiger partial charge is 0.0681 e. The summed E-state index contributed by atoms with van der Waals surface area (Å²) in [5.41, 5.74) is 3.43. The maximum absolute atomic E-state index is 5.50. The van der Waals surface area contributed by atoms with Crippen molar-refractivity contribution in [2.75, 3.05) is 19.8 Å². The molecule has 4 atom stereocenters. The monoisotopic (exact) mass is 191 g/mol. The molecule has 2 bridgehead atoms. The zero-order valence-corrected chi connectivity index (χ0v) is 8.46. The summed E-state index contributed by atoms with van der Waals surface area (Å²) in [4.78, 5) is 0. The van der Waals surface area contributed by atoms with Crippen LogP contribution >= 0.6 is 0 Å². The highest BCUT2D eigenvalue weighted by Gasteiger charge is 2.53. The van der Waals surface area contributed by atoms with Crippen molar-refractivity contribution < 1.29 is 4.74 Å². The van der Waals surface area contributed by atoms with Crippen LogP contribution in [0.15, 0.2) is 11.1 Å². The van der Waals surface area contributed by atoms with Gasteiger partial charge in [0.25, 0.3) is 0 Å². The molecule has 0 aromatic rings. The molecular formula is C12H17NO. The second-order valence-electron chi connectivity index (χ2n) is 5.34. The van der Waals surface area contributed by atoms with Crippen LogP contribution in [0.3, 0.4) is 0 Å². The van der Waals surface area contributed by atoms with E-state index in [0.717, 1.165) is 37.0 Å². The van der Waals surface area contributed by atoms with Crippen LogP contribution in [0, 0.1) is 17.8 Å². The molecular weight excluding hydrogens is 174 g/mol. The zero-order chi connectivity index (χ0) is 9.12. The lowest BCUT2D eigenvalue weighted by atomic mass is 9.84. The van der Waals surface area contributed by atoms with E-state index >= 15 is 0 Å². The molecule has 4 rings (SSSR count). The second kappa shape index (κ2) is 2.61. The highest BCUT2D eigenvalue weighted by Crippen LogP contribution is 2.55. The Morgan fingerprint density at radius 3 is 3.14 bits per heavy atom. The molecule has 2 heterocycles. The Balaban J connectivity index is 1.78. The van der Waals surface area contributed by atoms with E-state index in [1.165, 1.54) is 25.8 Å². The Morgan fingerprint density at radius 2 is 2.29 bits per heavy atom. The first-order valence-corrected chi connectivity index (χ1v) is 5.96. The lowest BCUT2D eigenvalue weighted by molar-refractivity contribution is 0.204. The molecule has 0 amide bonds. The summed E-state index contributed by atoms with van der Waals surface area (Å²) in [6.07, 6.45) is 4.15. The van der Waals surface area contributed by atoms with Gasteiger partial charge in [0, 0.05) is 6.04 Å². The van der Waals surface area contributed by atoms with Gasteiger partial charge in [-0.1, -0.05) is 0 Å². The molecule has 14 heavy (non-hydrogen) atoms. The van der Waals surface area contributed by atoms with Crippen molar-refractivity contribution in [3.8, 4) is 0 Å². The summed E-state index contributed by atoms with van der Waals surface area (Å²) in [5.74, 6) is 2.93. The van der Waals surface area contributed by atoms with Gasteiger partial charge in [0.2, 0.25) is 0 Å². The predicted octanol–water partition coefficient (Wildman–Crippen LogP) is 1.33. The van der Waals surface area contributed by atoms with E-state index in [-0.39, 0.29) is 0 Å². The van der Waals surface area contributed by atoms with Gasteiger partial charge in [-0.25, -0.2) is 0 Å². The summed E-state index contributed by atoms with van der Waals surface area (Å²) in [6, 6.07) is 0.760. The van der Waals surface area contributed by atoms with Crippen molar-refractivity contribution in [3.63, 3.8) is 0 Å². The quantitative estimate of drug-likeness (QED) is 0.583. The number of ether oxygens (including phenoxy) is 1. The molecule has 2 saturated carbocycles. The van der Waals surface area contributed by atoms with Gasteiger partial charge >= 0.3 is 0 Å². The van der Waals surface area contributed by atoms with Crippen LogP contribution in [0.5, 0.6) is 0 Å². The SMILES string of the molecule is C1C/C(=C2/C3CC4CNC2C4C3)CO1. The minimum atomic E-state index is 0.760. The van der Waals surface area contributed by atoms with Crippen molar-refractivity contribution in [2.24, 2.45) is 17.8 Å². The largest absolute Gasteiger partial charge is 0.377 e. The van der Waals surface area contributed by atoms with Crippen molar-refractivity contribution in [3.05, 3.63) is 11.1 Å². The Kier molecular flexibility index (Phi) is 1.47. The summed E-state index contributed by atoms with van der Waals surface area (Å²) in [7, 11) is 0. The summed E-state index contributed by atoms with van der Waals surface area (Å²) >= 11 is 0. The molecule has 4 fully saturated rings. The number of rotatable bonds is 0. The third-order valence-electron chi connectivity index (χ3n) is 4.79. The average molecular weight is 191 g/mol. The van der Waals surface area contributed by atoms with Crippen LogP contribution in [0.1, 0.15) is 19.3 Å². The third kappa shape index (κ3) is 0.842. The molecule has 2 aliphatic carbocycles. The van der Waals surface area contributed by atoms with Crippen molar-refractivity contribution in [1.29, 1.82) is 0 Å². The maximum atomic E-state index is 5.50. The van der Waals surface area contributed by atoms with Crippen LogP contribution in [-0.4, -0.2) is 25.8 Å². The van der Waals surface area contributed by atoms with Crippen LogP contribution in [0.4, 0.5) is 0 Å². The minimum Gasteiger partial charge on any atom is -0.377 e. The number of nitrogens with one attached hydrogen (secondary N) is 1. The molecule has 0 spiro atoms. The minimum absolute atomic E-state index is 0.760. The fourth-order valence-electron chi connectivity index (χ4n) is 4.28. The van der Waals surface area contributed by atoms with Gasteiger partial charge in [-0.15, -0.1) is 0 Å². The Morgan fingerprint density at radius 1 is 1.29 bits per heavy atom. The molecule has 2 heteroatoms. The van der Waals surface area contributed by atoms with Gasteiger partial charge in [-0.05, 0) is 54.7 Å². The average Bonchev–Trinajstić information content (AvgIpc) is 2.85. The summed E-state index contributed by atoms with van der Waals surface area (Å²) in [6.45, 7) is 3.18. The first kappa shape index (κ1) is 7.89. The Bertz CT molecular complexity index is 299. The first-order chi connectivity index (χ1) is 6.93. The van der Waals surface area contributed by atoms with Gasteiger partial charge in [0.15, 0.2) is 0 Å². The van der Waals surface area contributed by atoms with E-state index in [1.807, 2.05) is 0 Å². The standard InChI is InChI=1S/C12H17NO/c1-2-14-6-7(1)11-8-3-9-5-13-12(11)10(9)4-8/h8-10,12-13H,1-6H2/b11-7+. The molecule has 76 valence electrons. The number of hydrogen-bond acceptors (Lipinski definition) is 2. The molecule has 0 aromatic carbocycles. The molecule has 2 nitrogen and oxygen atoms in total. The van der Waals surface area contributed by atoms with E-state index in [1.54, 1.807) is 11.1 Å².